The summed E-state index contributed by atoms with van der Waals surface area (Å²) in [6, 6.07) is 0. The molecule has 0 bridgehead atoms. The summed E-state index contributed by atoms with van der Waals surface area (Å²) in [6.45, 7) is 2.55. The molecule has 1 aromatic heterocycles. The van der Waals surface area contributed by atoms with Crippen LogP contribution >= 0.6 is 0 Å². The van der Waals surface area contributed by atoms with Gasteiger partial charge in [-0.3, -0.25) is 8.78 Å². The highest BCUT2D eigenvalue weighted by molar-refractivity contribution is 7.84. The smallest absolute Gasteiger partial charge is 0.313 e. The van der Waals surface area contributed by atoms with Gasteiger partial charge in [0.1, 0.15) is 0 Å². The van der Waals surface area contributed by atoms with Gasteiger partial charge in [-0.2, -0.15) is 0 Å². The van der Waals surface area contributed by atoms with Gasteiger partial charge in [-0.15, -0.1) is 0 Å². The minimum atomic E-state index is -0.804. The molecular formula is C8H14N2O2S. The summed E-state index contributed by atoms with van der Waals surface area (Å²) in [5.41, 5.74) is -0.103. The molecule has 1 aromatic rings. The van der Waals surface area contributed by atoms with Crippen molar-refractivity contribution < 1.29 is 4.21 Å². The van der Waals surface area contributed by atoms with E-state index in [9.17, 15) is 9.00 Å². The zero-order valence-corrected chi connectivity index (χ0v) is 8.63. The predicted molar refractivity (Wildman–Crippen MR) is 53.2 cm³/mol. The lowest BCUT2D eigenvalue weighted by Crippen LogP contribution is -2.20. The van der Waals surface area contributed by atoms with Crippen LogP contribution in [0, 0.1) is 0 Å². The highest BCUT2D eigenvalue weighted by Crippen LogP contribution is 2.00. The Bertz CT molecular complexity index is 342. The summed E-state index contributed by atoms with van der Waals surface area (Å²) in [7, 11) is -0.804. The fourth-order valence-corrected chi connectivity index (χ4v) is 1.45. The molecule has 1 heterocycles. The van der Waals surface area contributed by atoms with E-state index < -0.39 is 10.8 Å². The molecule has 1 rings (SSSR count). The Labute approximate surface area is 79.4 Å². The second-order valence-corrected chi connectivity index (χ2v) is 4.86. The number of aromatic amines is 1. The summed E-state index contributed by atoms with van der Waals surface area (Å²) >= 11 is 0. The Morgan fingerprint density at radius 1 is 1.69 bits per heavy atom. The molecule has 2 unspecified atom stereocenters. The van der Waals surface area contributed by atoms with E-state index in [-0.39, 0.29) is 10.9 Å². The van der Waals surface area contributed by atoms with E-state index >= 15 is 0 Å². The molecule has 2 atom stereocenters. The van der Waals surface area contributed by atoms with Crippen LogP contribution in [-0.2, 0) is 17.3 Å². The van der Waals surface area contributed by atoms with Crippen molar-refractivity contribution in [3.8, 4) is 0 Å². The molecule has 1 N–H and O–H groups in total. The van der Waals surface area contributed by atoms with E-state index in [2.05, 4.69) is 4.98 Å². The second kappa shape index (κ2) is 4.41. The SMILES string of the molecule is CC(CCn1cc[nH]c1=O)S(C)=O. The van der Waals surface area contributed by atoms with Crippen molar-refractivity contribution in [2.24, 2.45) is 0 Å². The van der Waals surface area contributed by atoms with Crippen LogP contribution in [0.15, 0.2) is 17.2 Å². The van der Waals surface area contributed by atoms with E-state index in [0.29, 0.717) is 6.54 Å². The minimum absolute atomic E-state index is 0.103. The zero-order valence-electron chi connectivity index (χ0n) is 7.82. The van der Waals surface area contributed by atoms with Crippen molar-refractivity contribution >= 4 is 10.8 Å². The fraction of sp³-hybridized carbons (Fsp3) is 0.625. The lowest BCUT2D eigenvalue weighted by atomic mass is 10.3. The van der Waals surface area contributed by atoms with Crippen molar-refractivity contribution in [3.63, 3.8) is 0 Å². The van der Waals surface area contributed by atoms with Crippen LogP contribution in [-0.4, -0.2) is 25.3 Å². The van der Waals surface area contributed by atoms with Gasteiger partial charge in [-0.05, 0) is 6.42 Å². The standard InChI is InChI=1S/C8H14N2O2S/c1-7(13(2)12)3-5-10-6-4-9-8(10)11/h4,6-7H,3,5H2,1-2H3,(H,9,11). The fourth-order valence-electron chi connectivity index (χ4n) is 1.01. The van der Waals surface area contributed by atoms with Crippen molar-refractivity contribution in [2.45, 2.75) is 25.1 Å². The molecule has 74 valence electrons. The number of imidazole rings is 1. The molecule has 0 fully saturated rings. The number of H-pyrrole nitrogens is 1. The first-order valence-electron chi connectivity index (χ1n) is 4.17. The molecule has 0 spiro atoms. The molecule has 0 aliphatic rings. The number of aryl methyl sites for hydroxylation is 1. The number of aromatic nitrogens is 2. The first-order chi connectivity index (χ1) is 6.11. The monoisotopic (exact) mass is 202 g/mol. The maximum atomic E-state index is 11.0. The topological polar surface area (TPSA) is 54.9 Å². The van der Waals surface area contributed by atoms with Crippen LogP contribution in [0.4, 0.5) is 0 Å². The summed E-state index contributed by atoms with van der Waals surface area (Å²) in [6.07, 6.45) is 5.76. The molecule has 5 heteroatoms. The molecular weight excluding hydrogens is 188 g/mol. The maximum absolute atomic E-state index is 11.0. The summed E-state index contributed by atoms with van der Waals surface area (Å²) in [5, 5.41) is 0.141. The summed E-state index contributed by atoms with van der Waals surface area (Å²) < 4.78 is 12.6. The number of hydrogen-bond acceptors (Lipinski definition) is 2. The molecule has 0 aliphatic carbocycles. The number of nitrogens with zero attached hydrogens (tertiary/aromatic N) is 1. The van der Waals surface area contributed by atoms with Gasteiger partial charge in [-0.25, -0.2) is 4.79 Å². The zero-order chi connectivity index (χ0) is 9.84. The number of nitrogens with one attached hydrogen (secondary N) is 1. The molecule has 13 heavy (non-hydrogen) atoms. The van der Waals surface area contributed by atoms with Crippen LogP contribution in [0.2, 0.25) is 0 Å². The van der Waals surface area contributed by atoms with E-state index in [1.807, 2.05) is 6.92 Å². The molecule has 0 aliphatic heterocycles. The Balaban J connectivity index is 2.48. The van der Waals surface area contributed by atoms with Crippen LogP contribution in [0.1, 0.15) is 13.3 Å². The van der Waals surface area contributed by atoms with Crippen molar-refractivity contribution in [1.29, 1.82) is 0 Å². The van der Waals surface area contributed by atoms with Gasteiger partial charge in [0.25, 0.3) is 0 Å². The molecule has 0 saturated carbocycles. The Kier molecular flexibility index (Phi) is 3.48. The molecule has 0 saturated heterocycles. The van der Waals surface area contributed by atoms with Gasteiger partial charge < -0.3 is 4.98 Å². The third-order valence-corrected chi connectivity index (χ3v) is 3.43. The third-order valence-electron chi connectivity index (χ3n) is 2.07. The minimum Gasteiger partial charge on any atom is -0.313 e. The maximum Gasteiger partial charge on any atom is 0.325 e. The van der Waals surface area contributed by atoms with Gasteiger partial charge in [-0.1, -0.05) is 6.92 Å². The van der Waals surface area contributed by atoms with Gasteiger partial charge in [0.15, 0.2) is 0 Å². The van der Waals surface area contributed by atoms with E-state index in [1.165, 1.54) is 0 Å². The average Bonchev–Trinajstić information content (AvgIpc) is 2.47. The highest BCUT2D eigenvalue weighted by Gasteiger charge is 2.06. The third kappa shape index (κ3) is 2.84. The number of hydrogen-bond donors (Lipinski definition) is 1. The predicted octanol–water partition coefficient (Wildman–Crippen LogP) is 0.334. The molecule has 0 amide bonds. The van der Waals surface area contributed by atoms with E-state index in [4.69, 9.17) is 0 Å². The highest BCUT2D eigenvalue weighted by atomic mass is 32.2. The van der Waals surface area contributed by atoms with Crippen LogP contribution in [0.3, 0.4) is 0 Å². The van der Waals surface area contributed by atoms with Gasteiger partial charge in [0.05, 0.1) is 0 Å². The lowest BCUT2D eigenvalue weighted by molar-refractivity contribution is 0.607. The van der Waals surface area contributed by atoms with Crippen molar-refractivity contribution in [3.05, 3.63) is 22.9 Å². The summed E-state index contributed by atoms with van der Waals surface area (Å²) in [4.78, 5) is 13.6. The first-order valence-corrected chi connectivity index (χ1v) is 5.79. The second-order valence-electron chi connectivity index (χ2n) is 3.06. The first kappa shape index (κ1) is 10.2. The number of rotatable bonds is 4. The molecule has 4 nitrogen and oxygen atoms in total. The van der Waals surface area contributed by atoms with Gasteiger partial charge in [0.2, 0.25) is 0 Å². The van der Waals surface area contributed by atoms with Crippen LogP contribution in [0.5, 0.6) is 0 Å². The summed E-state index contributed by atoms with van der Waals surface area (Å²) in [5.74, 6) is 0. The molecule has 0 radical (unpaired) electrons. The Morgan fingerprint density at radius 3 is 2.85 bits per heavy atom. The van der Waals surface area contributed by atoms with Crippen LogP contribution < -0.4 is 5.69 Å². The Hall–Kier alpha value is -0.840. The van der Waals surface area contributed by atoms with Crippen molar-refractivity contribution in [1.82, 2.24) is 9.55 Å². The van der Waals surface area contributed by atoms with Crippen molar-refractivity contribution in [2.75, 3.05) is 6.26 Å². The van der Waals surface area contributed by atoms with Gasteiger partial charge >= 0.3 is 5.69 Å². The van der Waals surface area contributed by atoms with Gasteiger partial charge in [0, 0.05) is 41.2 Å². The lowest BCUT2D eigenvalue weighted by Gasteiger charge is -2.07. The molecule has 0 aromatic carbocycles. The normalized spacial score (nSPS) is 15.5. The van der Waals surface area contributed by atoms with E-state index in [0.717, 1.165) is 6.42 Å². The largest absolute Gasteiger partial charge is 0.325 e. The Morgan fingerprint density at radius 2 is 2.38 bits per heavy atom. The quantitative estimate of drug-likeness (QED) is 0.765. The van der Waals surface area contributed by atoms with E-state index in [1.54, 1.807) is 23.2 Å². The average molecular weight is 202 g/mol. The van der Waals surface area contributed by atoms with Crippen LogP contribution in [0.25, 0.3) is 0 Å².